The number of nitrogens with zero attached hydrogens (tertiary/aromatic N) is 2. The van der Waals surface area contributed by atoms with E-state index in [0.29, 0.717) is 17.1 Å². The largest absolute Gasteiger partial charge is 0.318 e. The van der Waals surface area contributed by atoms with Gasteiger partial charge in [-0.2, -0.15) is 0 Å². The molecule has 1 aromatic carbocycles. The van der Waals surface area contributed by atoms with Gasteiger partial charge in [-0.15, -0.1) is 0 Å². The fraction of sp³-hybridized carbons (Fsp3) is 0.294. The number of anilines is 1. The Hall–Kier alpha value is -2.07. The smallest absolute Gasteiger partial charge is 0.259 e. The number of fused-ring (bicyclic) bond motifs is 1. The van der Waals surface area contributed by atoms with Gasteiger partial charge in [0.1, 0.15) is 0 Å². The van der Waals surface area contributed by atoms with Crippen LogP contribution in [0.2, 0.25) is 5.02 Å². The van der Waals surface area contributed by atoms with E-state index in [9.17, 15) is 9.59 Å². The number of aryl methyl sites for hydroxylation is 2. The number of aromatic nitrogens is 1. The molecule has 114 valence electrons. The van der Waals surface area contributed by atoms with Gasteiger partial charge in [0.2, 0.25) is 5.56 Å². The van der Waals surface area contributed by atoms with Gasteiger partial charge in [-0.3, -0.25) is 9.59 Å². The predicted octanol–water partition coefficient (Wildman–Crippen LogP) is 3.02. The van der Waals surface area contributed by atoms with Gasteiger partial charge < -0.3 is 9.47 Å². The van der Waals surface area contributed by atoms with E-state index in [1.54, 1.807) is 24.2 Å². The fourth-order valence-corrected chi connectivity index (χ4v) is 2.96. The summed E-state index contributed by atoms with van der Waals surface area (Å²) in [6, 6.07) is 8.70. The first kappa shape index (κ1) is 14.9. The maximum absolute atomic E-state index is 12.9. The molecule has 0 aliphatic carbocycles. The van der Waals surface area contributed by atoms with Crippen molar-refractivity contribution in [3.63, 3.8) is 0 Å². The van der Waals surface area contributed by atoms with E-state index in [2.05, 4.69) is 0 Å². The van der Waals surface area contributed by atoms with Crippen LogP contribution in [-0.2, 0) is 13.5 Å². The third-order valence-electron chi connectivity index (χ3n) is 3.99. The molecular formula is C17H17ClN2O2. The van der Waals surface area contributed by atoms with E-state index in [1.165, 1.54) is 10.6 Å². The molecule has 0 saturated heterocycles. The molecule has 1 aromatic heterocycles. The summed E-state index contributed by atoms with van der Waals surface area (Å²) in [6.45, 7) is 0.662. The SMILES string of the molecule is Cn1cc(C(=O)N2CCCCc3ccc(Cl)cc32)ccc1=O. The van der Waals surface area contributed by atoms with Gasteiger partial charge in [-0.1, -0.05) is 17.7 Å². The maximum Gasteiger partial charge on any atom is 0.259 e. The minimum Gasteiger partial charge on any atom is -0.318 e. The molecule has 0 spiro atoms. The van der Waals surface area contributed by atoms with Crippen molar-refractivity contribution in [3.8, 4) is 0 Å². The van der Waals surface area contributed by atoms with Gasteiger partial charge in [-0.05, 0) is 43.0 Å². The van der Waals surface area contributed by atoms with Crippen LogP contribution in [-0.4, -0.2) is 17.0 Å². The lowest BCUT2D eigenvalue weighted by molar-refractivity contribution is 0.0986. The molecule has 1 amide bonds. The number of hydrogen-bond acceptors (Lipinski definition) is 2. The summed E-state index contributed by atoms with van der Waals surface area (Å²) in [5, 5.41) is 0.624. The number of pyridine rings is 1. The molecule has 1 aliphatic rings. The number of rotatable bonds is 1. The lowest BCUT2D eigenvalue weighted by Gasteiger charge is -2.23. The second kappa shape index (κ2) is 5.97. The maximum atomic E-state index is 12.9. The molecule has 2 aromatic rings. The van der Waals surface area contributed by atoms with E-state index in [1.807, 2.05) is 18.2 Å². The summed E-state index contributed by atoms with van der Waals surface area (Å²) in [6.07, 6.45) is 4.53. The van der Waals surface area contributed by atoms with Crippen molar-refractivity contribution >= 4 is 23.2 Å². The minimum atomic E-state index is -0.129. The molecule has 22 heavy (non-hydrogen) atoms. The lowest BCUT2D eigenvalue weighted by Crippen LogP contribution is -2.32. The molecule has 0 N–H and O–H groups in total. The molecule has 4 nitrogen and oxygen atoms in total. The first-order valence-electron chi connectivity index (χ1n) is 7.33. The normalized spacial score (nSPS) is 14.4. The van der Waals surface area contributed by atoms with Crippen LogP contribution in [0.1, 0.15) is 28.8 Å². The van der Waals surface area contributed by atoms with E-state index in [4.69, 9.17) is 11.6 Å². The highest BCUT2D eigenvalue weighted by Gasteiger charge is 2.23. The van der Waals surface area contributed by atoms with Crippen LogP contribution in [0.5, 0.6) is 0 Å². The highest BCUT2D eigenvalue weighted by Crippen LogP contribution is 2.30. The summed E-state index contributed by atoms with van der Waals surface area (Å²) in [4.78, 5) is 26.1. The van der Waals surface area contributed by atoms with Crippen LogP contribution >= 0.6 is 11.6 Å². The quantitative estimate of drug-likeness (QED) is 0.811. The van der Waals surface area contributed by atoms with E-state index < -0.39 is 0 Å². The second-order valence-electron chi connectivity index (χ2n) is 5.55. The molecule has 0 atom stereocenters. The van der Waals surface area contributed by atoms with Crippen molar-refractivity contribution in [2.24, 2.45) is 7.05 Å². The molecule has 3 rings (SSSR count). The van der Waals surface area contributed by atoms with Crippen molar-refractivity contribution in [2.45, 2.75) is 19.3 Å². The van der Waals surface area contributed by atoms with Crippen LogP contribution < -0.4 is 10.5 Å². The average Bonchev–Trinajstić information content (AvgIpc) is 2.71. The fourth-order valence-electron chi connectivity index (χ4n) is 2.79. The summed E-state index contributed by atoms with van der Waals surface area (Å²) in [5.41, 5.74) is 2.40. The highest BCUT2D eigenvalue weighted by molar-refractivity contribution is 6.31. The Morgan fingerprint density at radius 2 is 2.00 bits per heavy atom. The van der Waals surface area contributed by atoms with Gasteiger partial charge in [-0.25, -0.2) is 0 Å². The average molecular weight is 317 g/mol. The zero-order valence-electron chi connectivity index (χ0n) is 12.4. The third-order valence-corrected chi connectivity index (χ3v) is 4.23. The lowest BCUT2D eigenvalue weighted by atomic mass is 10.1. The van der Waals surface area contributed by atoms with Gasteiger partial charge in [0.15, 0.2) is 0 Å². The Morgan fingerprint density at radius 1 is 1.18 bits per heavy atom. The predicted molar refractivity (Wildman–Crippen MR) is 87.7 cm³/mol. The zero-order chi connectivity index (χ0) is 15.7. The van der Waals surface area contributed by atoms with Crippen LogP contribution in [0.15, 0.2) is 41.3 Å². The molecule has 0 fully saturated rings. The first-order valence-corrected chi connectivity index (χ1v) is 7.71. The number of hydrogen-bond donors (Lipinski definition) is 0. The summed E-state index contributed by atoms with van der Waals surface area (Å²) < 4.78 is 1.42. The summed E-state index contributed by atoms with van der Waals surface area (Å²) in [5.74, 6) is -0.0963. The van der Waals surface area contributed by atoms with E-state index in [-0.39, 0.29) is 11.5 Å². The molecule has 1 aliphatic heterocycles. The number of halogens is 1. The second-order valence-corrected chi connectivity index (χ2v) is 5.99. The molecule has 0 bridgehead atoms. The number of carbonyl (C=O) groups is 1. The standard InChI is InChI=1S/C17H17ClN2O2/c1-19-11-13(6-8-16(19)21)17(22)20-9-3-2-4-12-5-7-14(18)10-15(12)20/h5-8,10-11H,2-4,9H2,1H3. The topological polar surface area (TPSA) is 42.3 Å². The van der Waals surface area contributed by atoms with Gasteiger partial charge in [0.05, 0.1) is 5.56 Å². The highest BCUT2D eigenvalue weighted by atomic mass is 35.5. The van der Waals surface area contributed by atoms with Crippen molar-refractivity contribution in [2.75, 3.05) is 11.4 Å². The minimum absolute atomic E-state index is 0.0963. The van der Waals surface area contributed by atoms with Crippen LogP contribution in [0, 0.1) is 0 Å². The molecule has 0 radical (unpaired) electrons. The van der Waals surface area contributed by atoms with Crippen molar-refractivity contribution in [1.82, 2.24) is 4.57 Å². The number of benzene rings is 1. The van der Waals surface area contributed by atoms with Gasteiger partial charge in [0, 0.05) is 36.6 Å². The van der Waals surface area contributed by atoms with Crippen molar-refractivity contribution < 1.29 is 4.79 Å². The zero-order valence-corrected chi connectivity index (χ0v) is 13.1. The Morgan fingerprint density at radius 3 is 2.77 bits per heavy atom. The number of amides is 1. The third kappa shape index (κ3) is 2.79. The molecule has 2 heterocycles. The molecular weight excluding hydrogens is 300 g/mol. The van der Waals surface area contributed by atoms with Crippen LogP contribution in [0.4, 0.5) is 5.69 Å². The molecule has 5 heteroatoms. The summed E-state index contributed by atoms with van der Waals surface area (Å²) >= 11 is 6.11. The number of carbonyl (C=O) groups excluding carboxylic acids is 1. The van der Waals surface area contributed by atoms with E-state index in [0.717, 1.165) is 30.5 Å². The van der Waals surface area contributed by atoms with E-state index >= 15 is 0 Å². The van der Waals surface area contributed by atoms with Crippen LogP contribution in [0.3, 0.4) is 0 Å². The monoisotopic (exact) mass is 316 g/mol. The first-order chi connectivity index (χ1) is 10.6. The Labute approximate surface area is 133 Å². The molecule has 0 saturated carbocycles. The molecule has 0 unspecified atom stereocenters. The Bertz CT molecular complexity index is 782. The van der Waals surface area contributed by atoms with Crippen LogP contribution in [0.25, 0.3) is 0 Å². The summed E-state index contributed by atoms with van der Waals surface area (Å²) in [7, 11) is 1.65. The van der Waals surface area contributed by atoms with Gasteiger partial charge >= 0.3 is 0 Å². The van der Waals surface area contributed by atoms with Gasteiger partial charge in [0.25, 0.3) is 5.91 Å². The van der Waals surface area contributed by atoms with Crippen molar-refractivity contribution in [3.05, 3.63) is 63.0 Å². The Balaban J connectivity index is 2.03. The Kier molecular flexibility index (Phi) is 4.03. The van der Waals surface area contributed by atoms with Crippen molar-refractivity contribution in [1.29, 1.82) is 0 Å².